The molecule has 1 heterocycles. The van der Waals surface area contributed by atoms with Crippen LogP contribution in [-0.2, 0) is 6.42 Å². The third kappa shape index (κ3) is 2.23. The summed E-state index contributed by atoms with van der Waals surface area (Å²) in [7, 11) is 0. The molecule has 3 rings (SSSR count). The summed E-state index contributed by atoms with van der Waals surface area (Å²) < 4.78 is 5.86. The number of rotatable bonds is 2. The quantitative estimate of drug-likeness (QED) is 0.682. The predicted molar refractivity (Wildman–Crippen MR) is 83.3 cm³/mol. The standard InChI is InChI=1S/C15H12Cl2N2O/c1-2-8-5-10(18)7-13-14(8)20-15(19-13)11-6-9(16)3-4-12(11)17/h3-7H,2,18H2,1H3. The van der Waals surface area contributed by atoms with Crippen LogP contribution >= 0.6 is 23.2 Å². The third-order valence-electron chi connectivity index (χ3n) is 3.13. The van der Waals surface area contributed by atoms with E-state index in [1.165, 1.54) is 0 Å². The van der Waals surface area contributed by atoms with Gasteiger partial charge in [0.25, 0.3) is 0 Å². The average molecular weight is 307 g/mol. The number of aryl methyl sites for hydroxylation is 1. The van der Waals surface area contributed by atoms with Crippen LogP contribution in [0.15, 0.2) is 34.7 Å². The minimum absolute atomic E-state index is 0.452. The van der Waals surface area contributed by atoms with Gasteiger partial charge in [-0.2, -0.15) is 0 Å². The molecule has 0 bridgehead atoms. The smallest absolute Gasteiger partial charge is 0.228 e. The Morgan fingerprint density at radius 1 is 1.20 bits per heavy atom. The number of hydrogen-bond donors (Lipinski definition) is 1. The lowest BCUT2D eigenvalue weighted by molar-refractivity contribution is 0.616. The fourth-order valence-electron chi connectivity index (χ4n) is 2.17. The molecule has 0 fully saturated rings. The van der Waals surface area contributed by atoms with E-state index in [2.05, 4.69) is 4.98 Å². The number of benzene rings is 2. The molecule has 0 saturated carbocycles. The Hall–Kier alpha value is -1.71. The molecule has 3 nitrogen and oxygen atoms in total. The van der Waals surface area contributed by atoms with Crippen LogP contribution in [0.4, 0.5) is 5.69 Å². The van der Waals surface area contributed by atoms with E-state index >= 15 is 0 Å². The third-order valence-corrected chi connectivity index (χ3v) is 3.69. The number of anilines is 1. The summed E-state index contributed by atoms with van der Waals surface area (Å²) in [6.07, 6.45) is 0.819. The number of nitrogen functional groups attached to an aromatic ring is 1. The second-order valence-electron chi connectivity index (χ2n) is 4.53. The van der Waals surface area contributed by atoms with Crippen LogP contribution in [0.2, 0.25) is 10.0 Å². The van der Waals surface area contributed by atoms with Crippen molar-refractivity contribution in [3.05, 3.63) is 45.9 Å². The summed E-state index contributed by atoms with van der Waals surface area (Å²) in [5, 5.41) is 1.13. The van der Waals surface area contributed by atoms with Gasteiger partial charge in [-0.15, -0.1) is 0 Å². The molecule has 0 unspecified atom stereocenters. The number of hydrogen-bond acceptors (Lipinski definition) is 3. The van der Waals surface area contributed by atoms with Gasteiger partial charge in [-0.05, 0) is 42.3 Å². The Balaban J connectivity index is 2.25. The largest absolute Gasteiger partial charge is 0.436 e. The molecule has 1 aromatic heterocycles. The van der Waals surface area contributed by atoms with E-state index < -0.39 is 0 Å². The topological polar surface area (TPSA) is 52.0 Å². The molecule has 2 aromatic carbocycles. The van der Waals surface area contributed by atoms with Crippen LogP contribution in [0.5, 0.6) is 0 Å². The van der Waals surface area contributed by atoms with Crippen molar-refractivity contribution in [3.8, 4) is 11.5 Å². The van der Waals surface area contributed by atoms with Crippen molar-refractivity contribution in [1.82, 2.24) is 4.98 Å². The van der Waals surface area contributed by atoms with Crippen molar-refractivity contribution in [2.45, 2.75) is 13.3 Å². The van der Waals surface area contributed by atoms with Crippen molar-refractivity contribution in [2.24, 2.45) is 0 Å². The van der Waals surface area contributed by atoms with Crippen molar-refractivity contribution < 1.29 is 4.42 Å². The monoisotopic (exact) mass is 306 g/mol. The molecule has 0 spiro atoms. The van der Waals surface area contributed by atoms with E-state index in [4.69, 9.17) is 33.4 Å². The molecule has 2 N–H and O–H groups in total. The molecule has 20 heavy (non-hydrogen) atoms. The molecular formula is C15H12Cl2N2O. The van der Waals surface area contributed by atoms with Gasteiger partial charge in [0.1, 0.15) is 5.52 Å². The second-order valence-corrected chi connectivity index (χ2v) is 5.37. The number of nitrogens with zero attached hydrogens (tertiary/aromatic N) is 1. The molecule has 0 saturated heterocycles. The minimum atomic E-state index is 0.452. The van der Waals surface area contributed by atoms with Crippen LogP contribution in [-0.4, -0.2) is 4.98 Å². The zero-order valence-corrected chi connectivity index (χ0v) is 12.3. The Bertz CT molecular complexity index is 796. The SMILES string of the molecule is CCc1cc(N)cc2nc(-c3cc(Cl)ccc3Cl)oc12. The van der Waals surface area contributed by atoms with E-state index in [1.807, 2.05) is 13.0 Å². The molecule has 5 heteroatoms. The predicted octanol–water partition coefficient (Wildman–Crippen LogP) is 4.95. The van der Waals surface area contributed by atoms with Crippen LogP contribution in [0.25, 0.3) is 22.6 Å². The van der Waals surface area contributed by atoms with Crippen molar-refractivity contribution in [1.29, 1.82) is 0 Å². The number of aromatic nitrogens is 1. The first-order valence-electron chi connectivity index (χ1n) is 6.23. The maximum absolute atomic E-state index is 6.18. The van der Waals surface area contributed by atoms with Gasteiger partial charge in [-0.3, -0.25) is 0 Å². The highest BCUT2D eigenvalue weighted by molar-refractivity contribution is 6.35. The zero-order chi connectivity index (χ0) is 14.3. The molecule has 3 aromatic rings. The highest BCUT2D eigenvalue weighted by Crippen LogP contribution is 2.33. The highest BCUT2D eigenvalue weighted by Gasteiger charge is 2.14. The zero-order valence-electron chi connectivity index (χ0n) is 10.8. The lowest BCUT2D eigenvalue weighted by atomic mass is 10.1. The number of fused-ring (bicyclic) bond motifs is 1. The van der Waals surface area contributed by atoms with Crippen molar-refractivity contribution in [2.75, 3.05) is 5.73 Å². The van der Waals surface area contributed by atoms with Gasteiger partial charge in [0.05, 0.1) is 10.6 Å². The number of halogens is 2. The second kappa shape index (κ2) is 5.00. The van der Waals surface area contributed by atoms with Gasteiger partial charge in [-0.25, -0.2) is 4.98 Å². The first-order valence-corrected chi connectivity index (χ1v) is 6.98. The molecule has 0 atom stereocenters. The van der Waals surface area contributed by atoms with E-state index in [-0.39, 0.29) is 0 Å². The molecule has 0 aliphatic carbocycles. The Labute approximate surface area is 126 Å². The van der Waals surface area contributed by atoms with Gasteiger partial charge in [-0.1, -0.05) is 30.1 Å². The molecule has 0 amide bonds. The van der Waals surface area contributed by atoms with E-state index in [0.717, 1.165) is 23.1 Å². The summed E-state index contributed by atoms with van der Waals surface area (Å²) in [4.78, 5) is 4.46. The van der Waals surface area contributed by atoms with Gasteiger partial charge < -0.3 is 10.2 Å². The van der Waals surface area contributed by atoms with Crippen molar-refractivity contribution in [3.63, 3.8) is 0 Å². The summed E-state index contributed by atoms with van der Waals surface area (Å²) >= 11 is 12.2. The normalized spacial score (nSPS) is 11.2. The minimum Gasteiger partial charge on any atom is -0.436 e. The lowest BCUT2D eigenvalue weighted by Gasteiger charge is -2.00. The number of oxazole rings is 1. The van der Waals surface area contributed by atoms with Gasteiger partial charge in [0, 0.05) is 10.7 Å². The van der Waals surface area contributed by atoms with E-state index in [1.54, 1.807) is 24.3 Å². The van der Waals surface area contributed by atoms with Gasteiger partial charge in [0.15, 0.2) is 5.58 Å². The van der Waals surface area contributed by atoms with Crippen molar-refractivity contribution >= 4 is 40.0 Å². The van der Waals surface area contributed by atoms with Crippen LogP contribution in [0.3, 0.4) is 0 Å². The fourth-order valence-corrected chi connectivity index (χ4v) is 2.54. The fraction of sp³-hybridized carbons (Fsp3) is 0.133. The average Bonchev–Trinajstić information content (AvgIpc) is 2.84. The van der Waals surface area contributed by atoms with Crippen LogP contribution in [0, 0.1) is 0 Å². The Kier molecular flexibility index (Phi) is 3.32. The van der Waals surface area contributed by atoms with Gasteiger partial charge in [0.2, 0.25) is 5.89 Å². The number of nitrogens with two attached hydrogens (primary N) is 1. The lowest BCUT2D eigenvalue weighted by Crippen LogP contribution is -1.88. The first kappa shape index (κ1) is 13.3. The first-order chi connectivity index (χ1) is 9.58. The molecule has 0 radical (unpaired) electrons. The molecule has 102 valence electrons. The Morgan fingerprint density at radius 2 is 2.00 bits per heavy atom. The maximum Gasteiger partial charge on any atom is 0.228 e. The summed E-state index contributed by atoms with van der Waals surface area (Å²) in [6.45, 7) is 2.04. The van der Waals surface area contributed by atoms with Crippen LogP contribution < -0.4 is 5.73 Å². The Morgan fingerprint density at radius 3 is 2.75 bits per heavy atom. The molecule has 0 aliphatic heterocycles. The molecular weight excluding hydrogens is 295 g/mol. The van der Waals surface area contributed by atoms with Gasteiger partial charge >= 0.3 is 0 Å². The highest BCUT2D eigenvalue weighted by atomic mass is 35.5. The van der Waals surface area contributed by atoms with E-state index in [9.17, 15) is 0 Å². The summed E-state index contributed by atoms with van der Waals surface area (Å²) in [5.41, 5.74) is 9.72. The van der Waals surface area contributed by atoms with Crippen LogP contribution in [0.1, 0.15) is 12.5 Å². The molecule has 0 aliphatic rings. The summed E-state index contributed by atoms with van der Waals surface area (Å²) in [5.74, 6) is 0.452. The maximum atomic E-state index is 6.18. The van der Waals surface area contributed by atoms with E-state index in [0.29, 0.717) is 27.2 Å². The summed E-state index contributed by atoms with van der Waals surface area (Å²) in [6, 6.07) is 8.88.